The van der Waals surface area contributed by atoms with Crippen molar-refractivity contribution in [2.45, 2.75) is 26.3 Å². The molecule has 0 radical (unpaired) electrons. The predicted molar refractivity (Wildman–Crippen MR) is 107 cm³/mol. The zero-order valence-corrected chi connectivity index (χ0v) is 15.8. The first-order valence-corrected chi connectivity index (χ1v) is 9.23. The second-order valence-corrected chi connectivity index (χ2v) is 7.21. The number of anilines is 1. The molecule has 1 fully saturated rings. The van der Waals surface area contributed by atoms with Crippen LogP contribution in [0.25, 0.3) is 10.9 Å². The highest BCUT2D eigenvalue weighted by molar-refractivity contribution is 6.45. The maximum atomic E-state index is 12.8. The Balaban J connectivity index is 1.49. The average molecular weight is 375 g/mol. The highest BCUT2D eigenvalue weighted by Crippen LogP contribution is 2.24. The highest BCUT2D eigenvalue weighted by Gasteiger charge is 2.33. The van der Waals surface area contributed by atoms with Gasteiger partial charge in [0.15, 0.2) is 0 Å². The van der Waals surface area contributed by atoms with Gasteiger partial charge in [0.1, 0.15) is 0 Å². The largest absolute Gasteiger partial charge is 0.358 e. The number of H-pyrrole nitrogens is 1. The van der Waals surface area contributed by atoms with Crippen LogP contribution in [0.4, 0.5) is 5.69 Å². The molecule has 0 saturated carbocycles. The number of rotatable bonds is 4. The van der Waals surface area contributed by atoms with Gasteiger partial charge in [-0.15, -0.1) is 0 Å². The van der Waals surface area contributed by atoms with Gasteiger partial charge >= 0.3 is 0 Å². The zero-order chi connectivity index (χ0) is 19.8. The molecule has 142 valence electrons. The summed E-state index contributed by atoms with van der Waals surface area (Å²) < 4.78 is 0. The minimum absolute atomic E-state index is 0.0649. The maximum Gasteiger partial charge on any atom is 0.292 e. The van der Waals surface area contributed by atoms with Gasteiger partial charge < -0.3 is 15.2 Å². The molecule has 0 spiro atoms. The smallest absolute Gasteiger partial charge is 0.292 e. The van der Waals surface area contributed by atoms with Crippen LogP contribution < -0.4 is 10.2 Å². The molecule has 28 heavy (non-hydrogen) atoms. The summed E-state index contributed by atoms with van der Waals surface area (Å²) in [6.07, 6.45) is 0.180. The van der Waals surface area contributed by atoms with E-state index in [1.165, 1.54) is 0 Å². The van der Waals surface area contributed by atoms with Crippen molar-refractivity contribution in [3.05, 3.63) is 65.4 Å². The van der Waals surface area contributed by atoms with E-state index in [-0.39, 0.29) is 12.3 Å². The molecule has 1 aliphatic heterocycles. The number of hydrogen-bond acceptors (Lipinski definition) is 3. The monoisotopic (exact) mass is 375 g/mol. The molecule has 1 aliphatic rings. The molecule has 1 aromatic heterocycles. The lowest BCUT2D eigenvalue weighted by molar-refractivity contribution is -0.118. The third kappa shape index (κ3) is 3.17. The van der Waals surface area contributed by atoms with Crippen molar-refractivity contribution < 1.29 is 14.4 Å². The molecule has 1 saturated heterocycles. The summed E-state index contributed by atoms with van der Waals surface area (Å²) in [7, 11) is 0. The van der Waals surface area contributed by atoms with Crippen LogP contribution in [0.15, 0.2) is 48.5 Å². The Hall–Kier alpha value is -3.41. The number of amides is 2. The Morgan fingerprint density at radius 2 is 1.79 bits per heavy atom. The number of benzene rings is 2. The number of Topliss-reactive ketones (excluding diaryl/α,β-unsaturated/α-hetero) is 1. The van der Waals surface area contributed by atoms with Crippen LogP contribution in [-0.4, -0.2) is 35.2 Å². The summed E-state index contributed by atoms with van der Waals surface area (Å²) in [5, 5.41) is 3.46. The summed E-state index contributed by atoms with van der Waals surface area (Å²) >= 11 is 0. The highest BCUT2D eigenvalue weighted by atomic mass is 16.2. The van der Waals surface area contributed by atoms with E-state index in [0.717, 1.165) is 22.2 Å². The molecule has 6 nitrogen and oxygen atoms in total. The number of nitrogens with zero attached hydrogens (tertiary/aromatic N) is 1. The molecular formula is C22H21N3O3. The minimum atomic E-state index is -0.684. The van der Waals surface area contributed by atoms with Crippen molar-refractivity contribution in [1.82, 2.24) is 10.3 Å². The van der Waals surface area contributed by atoms with Gasteiger partial charge in [0.2, 0.25) is 5.91 Å². The number of aromatic amines is 1. The van der Waals surface area contributed by atoms with Crippen molar-refractivity contribution in [3.8, 4) is 0 Å². The van der Waals surface area contributed by atoms with Crippen molar-refractivity contribution in [1.29, 1.82) is 0 Å². The molecule has 2 aromatic carbocycles. The van der Waals surface area contributed by atoms with Gasteiger partial charge in [-0.1, -0.05) is 35.9 Å². The van der Waals surface area contributed by atoms with Gasteiger partial charge in [-0.25, -0.2) is 0 Å². The number of fused-ring (bicyclic) bond motifs is 1. The van der Waals surface area contributed by atoms with Gasteiger partial charge in [-0.2, -0.15) is 0 Å². The second kappa shape index (κ2) is 6.96. The third-order valence-electron chi connectivity index (χ3n) is 5.13. The molecule has 2 N–H and O–H groups in total. The average Bonchev–Trinajstić information content (AvgIpc) is 3.20. The van der Waals surface area contributed by atoms with Crippen LogP contribution in [-0.2, 0) is 9.59 Å². The van der Waals surface area contributed by atoms with E-state index in [1.54, 1.807) is 11.8 Å². The van der Waals surface area contributed by atoms with E-state index in [2.05, 4.69) is 10.3 Å². The van der Waals surface area contributed by atoms with Crippen LogP contribution in [0.2, 0.25) is 0 Å². The molecule has 0 bridgehead atoms. The predicted octanol–water partition coefficient (Wildman–Crippen LogP) is 2.89. The van der Waals surface area contributed by atoms with Crippen LogP contribution >= 0.6 is 0 Å². The Labute approximate surface area is 162 Å². The third-order valence-corrected chi connectivity index (χ3v) is 5.13. The topological polar surface area (TPSA) is 82.3 Å². The molecule has 0 unspecified atom stereocenters. The standard InChI is InChI=1S/C22H21N3O3/c1-13-7-9-16(10-8-13)25-12-15(11-19(25)26)24-22(28)21(27)20-14(2)23-18-6-4-3-5-17(18)20/h3-10,15,23H,11-12H2,1-2H3,(H,24,28)/t15-/m1/s1. The lowest BCUT2D eigenvalue weighted by atomic mass is 10.1. The SMILES string of the molecule is Cc1ccc(N2C[C@H](NC(=O)C(=O)c3c(C)[nH]c4ccccc34)CC2=O)cc1. The van der Waals surface area contributed by atoms with E-state index in [4.69, 9.17) is 0 Å². The molecule has 3 aromatic rings. The van der Waals surface area contributed by atoms with E-state index >= 15 is 0 Å². The van der Waals surface area contributed by atoms with Gasteiger partial charge in [0.25, 0.3) is 11.7 Å². The normalized spacial score (nSPS) is 16.6. The molecule has 4 rings (SSSR count). The summed E-state index contributed by atoms with van der Waals surface area (Å²) in [5.41, 5.74) is 3.77. The molecule has 1 atom stereocenters. The molecule has 0 aliphatic carbocycles. The molecule has 2 amide bonds. The van der Waals surface area contributed by atoms with Gasteiger partial charge in [0, 0.05) is 35.2 Å². The summed E-state index contributed by atoms with van der Waals surface area (Å²) in [6, 6.07) is 14.7. The first kappa shape index (κ1) is 18.0. The fourth-order valence-corrected chi connectivity index (χ4v) is 3.71. The summed E-state index contributed by atoms with van der Waals surface area (Å²) in [4.78, 5) is 42.5. The first-order chi connectivity index (χ1) is 13.4. The molecule has 2 heterocycles. The number of para-hydroxylation sites is 1. The number of aromatic nitrogens is 1. The number of hydrogen-bond donors (Lipinski definition) is 2. The number of nitrogens with one attached hydrogen (secondary N) is 2. The Morgan fingerprint density at radius 3 is 2.54 bits per heavy atom. The minimum Gasteiger partial charge on any atom is -0.358 e. The number of carbonyl (C=O) groups is 3. The fourth-order valence-electron chi connectivity index (χ4n) is 3.71. The molecule has 6 heteroatoms. The van der Waals surface area contributed by atoms with Crippen LogP contribution in [0.5, 0.6) is 0 Å². The van der Waals surface area contributed by atoms with Crippen LogP contribution in [0, 0.1) is 13.8 Å². The van der Waals surface area contributed by atoms with E-state index in [0.29, 0.717) is 17.8 Å². The summed E-state index contributed by atoms with van der Waals surface area (Å²) in [5.74, 6) is -1.34. The molecular weight excluding hydrogens is 354 g/mol. The number of ketones is 1. The second-order valence-electron chi connectivity index (χ2n) is 7.21. The van der Waals surface area contributed by atoms with Gasteiger partial charge in [0.05, 0.1) is 11.6 Å². The zero-order valence-electron chi connectivity index (χ0n) is 15.8. The van der Waals surface area contributed by atoms with Gasteiger partial charge in [-0.05, 0) is 32.0 Å². The maximum absolute atomic E-state index is 12.8. The van der Waals surface area contributed by atoms with E-state index in [9.17, 15) is 14.4 Å². The van der Waals surface area contributed by atoms with Crippen molar-refractivity contribution in [2.24, 2.45) is 0 Å². The Bertz CT molecular complexity index is 1080. The first-order valence-electron chi connectivity index (χ1n) is 9.23. The van der Waals surface area contributed by atoms with Crippen molar-refractivity contribution in [3.63, 3.8) is 0 Å². The number of aryl methyl sites for hydroxylation is 2. The lowest BCUT2D eigenvalue weighted by Gasteiger charge is -2.17. The quantitative estimate of drug-likeness (QED) is 0.543. The fraction of sp³-hybridized carbons (Fsp3) is 0.227. The van der Waals surface area contributed by atoms with Crippen LogP contribution in [0.3, 0.4) is 0 Å². The van der Waals surface area contributed by atoms with E-state index in [1.807, 2.05) is 55.5 Å². The lowest BCUT2D eigenvalue weighted by Crippen LogP contribution is -2.41. The van der Waals surface area contributed by atoms with Crippen molar-refractivity contribution in [2.75, 3.05) is 11.4 Å². The van der Waals surface area contributed by atoms with Gasteiger partial charge in [-0.3, -0.25) is 14.4 Å². The van der Waals surface area contributed by atoms with Crippen LogP contribution in [0.1, 0.15) is 28.0 Å². The number of carbonyl (C=O) groups excluding carboxylic acids is 3. The Morgan fingerprint density at radius 1 is 1.07 bits per heavy atom. The summed E-state index contributed by atoms with van der Waals surface area (Å²) in [6.45, 7) is 4.11. The Kier molecular flexibility index (Phi) is 4.47. The van der Waals surface area contributed by atoms with Crippen molar-refractivity contribution >= 4 is 34.2 Å². The van der Waals surface area contributed by atoms with E-state index < -0.39 is 17.7 Å².